The van der Waals surface area contributed by atoms with Crippen LogP contribution in [0.1, 0.15) is 29.8 Å². The minimum Gasteiger partial charge on any atom is -0.294 e. The number of carbonyl (C=O) groups is 2. The fourth-order valence-electron chi connectivity index (χ4n) is 1.77. The molecule has 17 heavy (non-hydrogen) atoms. The lowest BCUT2D eigenvalue weighted by Gasteiger charge is -2.29. The van der Waals surface area contributed by atoms with Gasteiger partial charge < -0.3 is 0 Å². The highest BCUT2D eigenvalue weighted by Gasteiger charge is 2.28. The van der Waals surface area contributed by atoms with E-state index >= 15 is 0 Å². The zero-order chi connectivity index (χ0) is 12.4. The molecule has 1 unspecified atom stereocenters. The summed E-state index contributed by atoms with van der Waals surface area (Å²) >= 11 is 1.64. The monoisotopic (exact) mass is 253 g/mol. The molecule has 1 aliphatic heterocycles. The van der Waals surface area contributed by atoms with E-state index in [0.29, 0.717) is 0 Å². The Kier molecular flexibility index (Phi) is 3.54. The van der Waals surface area contributed by atoms with Crippen LogP contribution in [0.2, 0.25) is 0 Å². The van der Waals surface area contributed by atoms with Crippen LogP contribution in [0.25, 0.3) is 0 Å². The van der Waals surface area contributed by atoms with E-state index in [-0.39, 0.29) is 30.9 Å². The molecule has 1 fully saturated rings. The first-order valence-electron chi connectivity index (χ1n) is 5.61. The van der Waals surface area contributed by atoms with Crippen LogP contribution in [0.15, 0.2) is 6.20 Å². The number of carbonyl (C=O) groups excluding carboxylic acids is 2. The summed E-state index contributed by atoms with van der Waals surface area (Å²) in [6, 6.07) is 0.00954. The predicted octanol–water partition coefficient (Wildman–Crippen LogP) is 0.725. The number of hydrogen-bond acceptors (Lipinski definition) is 5. The molecular formula is C11H15N3O2S. The number of imide groups is 1. The van der Waals surface area contributed by atoms with Crippen molar-refractivity contribution in [1.82, 2.24) is 15.2 Å². The van der Waals surface area contributed by atoms with Crippen LogP contribution >= 0.6 is 11.3 Å². The Balaban J connectivity index is 2.10. The zero-order valence-electron chi connectivity index (χ0n) is 9.90. The number of thiazole rings is 1. The topological polar surface area (TPSA) is 62.3 Å². The first-order chi connectivity index (χ1) is 8.10. The Labute approximate surface area is 104 Å². The van der Waals surface area contributed by atoms with E-state index in [1.807, 2.05) is 18.0 Å². The highest BCUT2D eigenvalue weighted by molar-refractivity contribution is 7.11. The fourth-order valence-corrected chi connectivity index (χ4v) is 2.71. The Hall–Kier alpha value is -1.27. The van der Waals surface area contributed by atoms with Gasteiger partial charge in [0.05, 0.1) is 19.1 Å². The average molecular weight is 253 g/mol. The molecule has 92 valence electrons. The maximum absolute atomic E-state index is 11.3. The first kappa shape index (κ1) is 12.2. The van der Waals surface area contributed by atoms with E-state index in [4.69, 9.17) is 0 Å². The van der Waals surface area contributed by atoms with Crippen LogP contribution in [-0.4, -0.2) is 34.8 Å². The van der Waals surface area contributed by atoms with E-state index < -0.39 is 0 Å². The lowest BCUT2D eigenvalue weighted by atomic mass is 10.2. The van der Waals surface area contributed by atoms with Gasteiger partial charge >= 0.3 is 0 Å². The Morgan fingerprint density at radius 1 is 1.47 bits per heavy atom. The number of nitrogens with one attached hydrogen (secondary N) is 1. The van der Waals surface area contributed by atoms with Crippen LogP contribution < -0.4 is 5.32 Å². The Morgan fingerprint density at radius 3 is 2.65 bits per heavy atom. The molecule has 2 heterocycles. The van der Waals surface area contributed by atoms with Gasteiger partial charge in [0.1, 0.15) is 5.01 Å². The smallest absolute Gasteiger partial charge is 0.240 e. The molecule has 6 heteroatoms. The largest absolute Gasteiger partial charge is 0.294 e. The second-order valence-corrected chi connectivity index (χ2v) is 5.22. The highest BCUT2D eigenvalue weighted by Crippen LogP contribution is 2.25. The number of nitrogens with zero attached hydrogens (tertiary/aromatic N) is 2. The molecule has 0 radical (unpaired) electrons. The number of hydrogen-bond donors (Lipinski definition) is 1. The fraction of sp³-hybridized carbons (Fsp3) is 0.545. The quantitative estimate of drug-likeness (QED) is 0.806. The molecule has 1 aromatic rings. The molecule has 2 rings (SSSR count). The van der Waals surface area contributed by atoms with Gasteiger partial charge in [-0.2, -0.15) is 0 Å². The molecule has 0 aromatic carbocycles. The van der Waals surface area contributed by atoms with Crippen molar-refractivity contribution < 1.29 is 9.59 Å². The van der Waals surface area contributed by atoms with E-state index in [1.165, 1.54) is 4.88 Å². The second-order valence-electron chi connectivity index (χ2n) is 4.07. The summed E-state index contributed by atoms with van der Waals surface area (Å²) in [5, 5.41) is 3.26. The van der Waals surface area contributed by atoms with Crippen molar-refractivity contribution in [3.05, 3.63) is 16.1 Å². The molecule has 0 bridgehead atoms. The molecule has 2 amide bonds. The van der Waals surface area contributed by atoms with E-state index in [9.17, 15) is 9.59 Å². The van der Waals surface area contributed by atoms with Crippen molar-refractivity contribution in [2.75, 3.05) is 13.1 Å². The molecule has 5 nitrogen and oxygen atoms in total. The summed E-state index contributed by atoms with van der Waals surface area (Å²) in [6.07, 6.45) is 2.83. The molecule has 1 saturated heterocycles. The molecule has 0 saturated carbocycles. The van der Waals surface area contributed by atoms with Gasteiger partial charge in [-0.25, -0.2) is 4.98 Å². The molecule has 1 atom stereocenters. The van der Waals surface area contributed by atoms with Gasteiger partial charge in [0.25, 0.3) is 0 Å². The van der Waals surface area contributed by atoms with Crippen LogP contribution in [0.4, 0.5) is 0 Å². The van der Waals surface area contributed by atoms with Crippen molar-refractivity contribution in [2.24, 2.45) is 0 Å². The summed E-state index contributed by atoms with van der Waals surface area (Å²) < 4.78 is 0. The van der Waals surface area contributed by atoms with Crippen LogP contribution in [0.3, 0.4) is 0 Å². The SMILES string of the molecule is CCc1cnc(C(C)N2CC(=O)NC(=O)C2)s1. The van der Waals surface area contributed by atoms with Gasteiger partial charge in [-0.3, -0.25) is 19.8 Å². The summed E-state index contributed by atoms with van der Waals surface area (Å²) in [6.45, 7) is 4.58. The standard InChI is InChI=1S/C11H15N3O2S/c1-3-8-4-12-11(17-8)7(2)14-5-9(15)13-10(16)6-14/h4,7H,3,5-6H2,1-2H3,(H,13,15,16). The minimum atomic E-state index is -0.236. The summed E-state index contributed by atoms with van der Waals surface area (Å²) in [5.74, 6) is -0.472. The van der Waals surface area contributed by atoms with Gasteiger partial charge in [-0.1, -0.05) is 6.92 Å². The maximum Gasteiger partial charge on any atom is 0.240 e. The van der Waals surface area contributed by atoms with Gasteiger partial charge in [0.15, 0.2) is 0 Å². The lowest BCUT2D eigenvalue weighted by Crippen LogP contribution is -2.51. The van der Waals surface area contributed by atoms with Crippen LogP contribution in [0.5, 0.6) is 0 Å². The molecule has 1 aliphatic rings. The van der Waals surface area contributed by atoms with E-state index in [1.54, 1.807) is 11.3 Å². The van der Waals surface area contributed by atoms with Gasteiger partial charge in [-0.15, -0.1) is 11.3 Å². The third kappa shape index (κ3) is 2.70. The van der Waals surface area contributed by atoms with Gasteiger partial charge in [0, 0.05) is 11.1 Å². The first-order valence-corrected chi connectivity index (χ1v) is 6.43. The zero-order valence-corrected chi connectivity index (χ0v) is 10.7. The average Bonchev–Trinajstić information content (AvgIpc) is 2.75. The third-order valence-electron chi connectivity index (χ3n) is 2.80. The maximum atomic E-state index is 11.3. The van der Waals surface area contributed by atoms with Crippen molar-refractivity contribution in [2.45, 2.75) is 26.3 Å². The molecule has 1 N–H and O–H groups in total. The third-order valence-corrected chi connectivity index (χ3v) is 4.11. The van der Waals surface area contributed by atoms with Crippen molar-refractivity contribution in [3.8, 4) is 0 Å². The normalized spacial score (nSPS) is 19.2. The predicted molar refractivity (Wildman–Crippen MR) is 64.6 cm³/mol. The van der Waals surface area contributed by atoms with Crippen molar-refractivity contribution in [1.29, 1.82) is 0 Å². The van der Waals surface area contributed by atoms with E-state index in [2.05, 4.69) is 17.2 Å². The number of aryl methyl sites for hydroxylation is 1. The highest BCUT2D eigenvalue weighted by atomic mass is 32.1. The lowest BCUT2D eigenvalue weighted by molar-refractivity contribution is -0.137. The summed E-state index contributed by atoms with van der Waals surface area (Å²) in [4.78, 5) is 30.0. The van der Waals surface area contributed by atoms with Crippen molar-refractivity contribution in [3.63, 3.8) is 0 Å². The summed E-state index contributed by atoms with van der Waals surface area (Å²) in [7, 11) is 0. The number of aromatic nitrogens is 1. The van der Waals surface area contributed by atoms with Crippen LogP contribution in [-0.2, 0) is 16.0 Å². The van der Waals surface area contributed by atoms with Gasteiger partial charge in [-0.05, 0) is 13.3 Å². The minimum absolute atomic E-state index is 0.00954. The second kappa shape index (κ2) is 4.93. The molecule has 0 aliphatic carbocycles. The molecular weight excluding hydrogens is 238 g/mol. The van der Waals surface area contributed by atoms with Crippen LogP contribution in [0, 0.1) is 0 Å². The number of rotatable bonds is 3. The van der Waals surface area contributed by atoms with E-state index in [0.717, 1.165) is 11.4 Å². The Bertz CT molecular complexity index is 428. The van der Waals surface area contributed by atoms with Gasteiger partial charge in [0.2, 0.25) is 11.8 Å². The Morgan fingerprint density at radius 2 is 2.12 bits per heavy atom. The molecule has 1 aromatic heterocycles. The summed E-state index contributed by atoms with van der Waals surface area (Å²) in [5.41, 5.74) is 0. The number of amides is 2. The van der Waals surface area contributed by atoms with Crippen molar-refractivity contribution >= 4 is 23.2 Å². The number of piperazine rings is 1. The molecule has 0 spiro atoms.